The number of sulfonamides is 1. The number of ether oxygens (including phenoxy) is 1. The normalized spacial score (nSPS) is 18.4. The Morgan fingerprint density at radius 2 is 2.18 bits per heavy atom. The summed E-state index contributed by atoms with van der Waals surface area (Å²) in [6, 6.07) is 1.58. The van der Waals surface area contributed by atoms with Gasteiger partial charge in [0.1, 0.15) is 0 Å². The first-order valence-electron chi connectivity index (χ1n) is 5.50. The van der Waals surface area contributed by atoms with Crippen LogP contribution in [0.2, 0.25) is 0 Å². The smallest absolute Gasteiger partial charge is 0.241 e. The average Bonchev–Trinajstić information content (AvgIpc) is 2.78. The molecule has 0 spiro atoms. The van der Waals surface area contributed by atoms with Gasteiger partial charge in [0.05, 0.1) is 4.90 Å². The average molecular weight is 276 g/mol. The SMILES string of the molecule is NCc1sccc1S(=O)(=O)NC1CCOCC1. The van der Waals surface area contributed by atoms with Crippen LogP contribution in [0.15, 0.2) is 16.3 Å². The van der Waals surface area contributed by atoms with E-state index in [9.17, 15) is 8.42 Å². The monoisotopic (exact) mass is 276 g/mol. The highest BCUT2D eigenvalue weighted by atomic mass is 32.2. The number of thiophene rings is 1. The standard InChI is InChI=1S/C10H16N2O3S2/c11-7-9-10(3-6-16-9)17(13,14)12-8-1-4-15-5-2-8/h3,6,8,12H,1-2,4-5,7,11H2. The molecule has 2 rings (SSSR count). The van der Waals surface area contributed by atoms with Gasteiger partial charge in [0.2, 0.25) is 10.0 Å². The third-order valence-corrected chi connectivity index (χ3v) is 5.40. The van der Waals surface area contributed by atoms with Crippen LogP contribution in [0.4, 0.5) is 0 Å². The predicted molar refractivity (Wildman–Crippen MR) is 66.4 cm³/mol. The van der Waals surface area contributed by atoms with E-state index in [0.29, 0.717) is 23.0 Å². The summed E-state index contributed by atoms with van der Waals surface area (Å²) < 4.78 is 32.2. The van der Waals surface area contributed by atoms with Crippen molar-refractivity contribution in [1.29, 1.82) is 0 Å². The molecule has 1 aliphatic heterocycles. The molecule has 0 bridgehead atoms. The van der Waals surface area contributed by atoms with Gasteiger partial charge in [-0.15, -0.1) is 11.3 Å². The lowest BCUT2D eigenvalue weighted by molar-refractivity contribution is 0.0832. The van der Waals surface area contributed by atoms with Gasteiger partial charge in [0, 0.05) is 30.7 Å². The van der Waals surface area contributed by atoms with Gasteiger partial charge in [0.15, 0.2) is 0 Å². The number of nitrogens with one attached hydrogen (secondary N) is 1. The molecule has 17 heavy (non-hydrogen) atoms. The molecule has 0 aromatic carbocycles. The van der Waals surface area contributed by atoms with Crippen molar-refractivity contribution in [2.45, 2.75) is 30.3 Å². The fourth-order valence-corrected chi connectivity index (χ4v) is 4.46. The fraction of sp³-hybridized carbons (Fsp3) is 0.600. The Bertz CT molecular complexity index is 464. The lowest BCUT2D eigenvalue weighted by Crippen LogP contribution is -2.39. The van der Waals surface area contributed by atoms with Gasteiger partial charge >= 0.3 is 0 Å². The Morgan fingerprint density at radius 1 is 1.47 bits per heavy atom. The lowest BCUT2D eigenvalue weighted by Gasteiger charge is -2.22. The van der Waals surface area contributed by atoms with E-state index in [-0.39, 0.29) is 12.6 Å². The zero-order chi connectivity index (χ0) is 12.3. The number of hydrogen-bond donors (Lipinski definition) is 2. The highest BCUT2D eigenvalue weighted by Crippen LogP contribution is 2.22. The summed E-state index contributed by atoms with van der Waals surface area (Å²) in [5, 5.41) is 1.75. The molecule has 96 valence electrons. The molecule has 7 heteroatoms. The molecule has 3 N–H and O–H groups in total. The van der Waals surface area contributed by atoms with E-state index >= 15 is 0 Å². The van der Waals surface area contributed by atoms with Gasteiger partial charge in [-0.05, 0) is 24.3 Å². The third-order valence-electron chi connectivity index (χ3n) is 2.72. The van der Waals surface area contributed by atoms with Crippen LogP contribution in [0, 0.1) is 0 Å². The first-order chi connectivity index (χ1) is 8.13. The molecule has 1 aromatic rings. The van der Waals surface area contributed by atoms with Gasteiger partial charge in [0.25, 0.3) is 0 Å². The van der Waals surface area contributed by atoms with Crippen molar-refractivity contribution in [2.75, 3.05) is 13.2 Å². The fourth-order valence-electron chi connectivity index (χ4n) is 1.82. The highest BCUT2D eigenvalue weighted by Gasteiger charge is 2.24. The zero-order valence-corrected chi connectivity index (χ0v) is 11.0. The summed E-state index contributed by atoms with van der Waals surface area (Å²) in [6.07, 6.45) is 1.45. The van der Waals surface area contributed by atoms with E-state index in [1.807, 2.05) is 0 Å². The van der Waals surface area contributed by atoms with Crippen LogP contribution >= 0.6 is 11.3 Å². The van der Waals surface area contributed by atoms with Crippen LogP contribution in [-0.2, 0) is 21.3 Å². The quantitative estimate of drug-likeness (QED) is 0.846. The van der Waals surface area contributed by atoms with Crippen molar-refractivity contribution in [2.24, 2.45) is 5.73 Å². The predicted octanol–water partition coefficient (Wildman–Crippen LogP) is 0.664. The molecule has 0 radical (unpaired) electrons. The largest absolute Gasteiger partial charge is 0.381 e. The molecule has 1 saturated heterocycles. The Kier molecular flexibility index (Phi) is 4.16. The second-order valence-corrected chi connectivity index (χ2v) is 6.60. The van der Waals surface area contributed by atoms with Crippen LogP contribution in [0.1, 0.15) is 17.7 Å². The summed E-state index contributed by atoms with van der Waals surface area (Å²) in [5.41, 5.74) is 5.52. The summed E-state index contributed by atoms with van der Waals surface area (Å²) in [6.45, 7) is 1.48. The van der Waals surface area contributed by atoms with Gasteiger partial charge < -0.3 is 10.5 Å². The van der Waals surface area contributed by atoms with Crippen molar-refractivity contribution in [3.8, 4) is 0 Å². The third kappa shape index (κ3) is 3.05. The molecule has 0 amide bonds. The molecule has 0 unspecified atom stereocenters. The number of nitrogens with two attached hydrogens (primary N) is 1. The van der Waals surface area contributed by atoms with Crippen LogP contribution in [0.3, 0.4) is 0 Å². The van der Waals surface area contributed by atoms with Crippen LogP contribution in [0.25, 0.3) is 0 Å². The van der Waals surface area contributed by atoms with E-state index < -0.39 is 10.0 Å². The highest BCUT2D eigenvalue weighted by molar-refractivity contribution is 7.89. The van der Waals surface area contributed by atoms with E-state index in [4.69, 9.17) is 10.5 Å². The Balaban J connectivity index is 2.13. The zero-order valence-electron chi connectivity index (χ0n) is 9.39. The van der Waals surface area contributed by atoms with Gasteiger partial charge in [-0.25, -0.2) is 13.1 Å². The van der Waals surface area contributed by atoms with Crippen molar-refractivity contribution < 1.29 is 13.2 Å². The molecular weight excluding hydrogens is 260 g/mol. The molecule has 1 fully saturated rings. The minimum absolute atomic E-state index is 0.0284. The summed E-state index contributed by atoms with van der Waals surface area (Å²) in [5.74, 6) is 0. The van der Waals surface area contributed by atoms with Crippen LogP contribution < -0.4 is 10.5 Å². The van der Waals surface area contributed by atoms with Crippen molar-refractivity contribution in [3.05, 3.63) is 16.3 Å². The van der Waals surface area contributed by atoms with E-state index in [1.54, 1.807) is 11.4 Å². The minimum Gasteiger partial charge on any atom is -0.381 e. The van der Waals surface area contributed by atoms with Gasteiger partial charge in [-0.2, -0.15) is 0 Å². The maximum Gasteiger partial charge on any atom is 0.241 e. The van der Waals surface area contributed by atoms with Crippen molar-refractivity contribution in [3.63, 3.8) is 0 Å². The number of hydrogen-bond acceptors (Lipinski definition) is 5. The van der Waals surface area contributed by atoms with Crippen LogP contribution in [-0.4, -0.2) is 27.7 Å². The molecule has 5 nitrogen and oxygen atoms in total. The Labute approximate surface area is 105 Å². The first-order valence-corrected chi connectivity index (χ1v) is 7.86. The lowest BCUT2D eigenvalue weighted by atomic mass is 10.1. The van der Waals surface area contributed by atoms with Gasteiger partial charge in [-0.3, -0.25) is 0 Å². The number of rotatable bonds is 4. The molecule has 0 atom stereocenters. The minimum atomic E-state index is -3.43. The summed E-state index contributed by atoms with van der Waals surface area (Å²) in [7, 11) is -3.43. The summed E-state index contributed by atoms with van der Waals surface area (Å²) in [4.78, 5) is 1.01. The molecule has 0 aliphatic carbocycles. The molecule has 0 saturated carbocycles. The van der Waals surface area contributed by atoms with Crippen molar-refractivity contribution in [1.82, 2.24) is 4.72 Å². The molecule has 1 aromatic heterocycles. The van der Waals surface area contributed by atoms with E-state index in [0.717, 1.165) is 12.8 Å². The first kappa shape index (κ1) is 13.0. The maximum absolute atomic E-state index is 12.1. The van der Waals surface area contributed by atoms with Crippen LogP contribution in [0.5, 0.6) is 0 Å². The summed E-state index contributed by atoms with van der Waals surface area (Å²) >= 11 is 1.37. The molecular formula is C10H16N2O3S2. The van der Waals surface area contributed by atoms with E-state index in [1.165, 1.54) is 11.3 Å². The maximum atomic E-state index is 12.1. The Hall–Kier alpha value is -0.470. The molecule has 2 heterocycles. The topological polar surface area (TPSA) is 81.4 Å². The van der Waals surface area contributed by atoms with Gasteiger partial charge in [-0.1, -0.05) is 0 Å². The molecule has 1 aliphatic rings. The van der Waals surface area contributed by atoms with E-state index in [2.05, 4.69) is 4.72 Å². The Morgan fingerprint density at radius 3 is 2.82 bits per heavy atom. The van der Waals surface area contributed by atoms with Crippen molar-refractivity contribution >= 4 is 21.4 Å². The second kappa shape index (κ2) is 5.45. The second-order valence-electron chi connectivity index (χ2n) is 3.92.